The lowest BCUT2D eigenvalue weighted by Crippen LogP contribution is -2.36. The summed E-state index contributed by atoms with van der Waals surface area (Å²) in [6.45, 7) is 5.43. The van der Waals surface area contributed by atoms with E-state index < -0.39 is 10.0 Å². The molecule has 0 unspecified atom stereocenters. The van der Waals surface area contributed by atoms with Gasteiger partial charge in [0.2, 0.25) is 21.7 Å². The summed E-state index contributed by atoms with van der Waals surface area (Å²) in [5.74, 6) is 0.816. The van der Waals surface area contributed by atoms with Crippen LogP contribution in [0.15, 0.2) is 51.9 Å². The Morgan fingerprint density at radius 3 is 2.62 bits per heavy atom. The van der Waals surface area contributed by atoms with Gasteiger partial charge in [0.15, 0.2) is 0 Å². The van der Waals surface area contributed by atoms with Crippen LogP contribution in [0.5, 0.6) is 5.75 Å². The van der Waals surface area contributed by atoms with E-state index in [0.29, 0.717) is 10.8 Å². The van der Waals surface area contributed by atoms with Crippen molar-refractivity contribution < 1.29 is 17.7 Å². The van der Waals surface area contributed by atoms with Crippen molar-refractivity contribution >= 4 is 21.6 Å². The minimum atomic E-state index is -3.93. The molecule has 1 aromatic heterocycles. The third kappa shape index (κ3) is 4.60. The standard InChI is InChI=1S/C20H22ClN3O4S/c1-13(2)24(29(25,26)18-11-16(21)8-9-17(18)27-4)12-19-22-20(23-28-19)15-7-5-6-14(3)10-15/h5-11,13H,12H2,1-4H3. The molecular formula is C20H22ClN3O4S. The highest BCUT2D eigenvalue weighted by atomic mass is 35.5. The highest BCUT2D eigenvalue weighted by molar-refractivity contribution is 7.89. The molecule has 0 aliphatic rings. The Morgan fingerprint density at radius 1 is 1.21 bits per heavy atom. The Labute approximate surface area is 175 Å². The number of ether oxygens (including phenoxy) is 1. The third-order valence-electron chi connectivity index (χ3n) is 4.32. The van der Waals surface area contributed by atoms with Crippen molar-refractivity contribution in [3.63, 3.8) is 0 Å². The van der Waals surface area contributed by atoms with Crippen molar-refractivity contribution in [2.45, 2.75) is 38.3 Å². The molecule has 1 heterocycles. The van der Waals surface area contributed by atoms with Gasteiger partial charge in [-0.15, -0.1) is 0 Å². The lowest BCUT2D eigenvalue weighted by Gasteiger charge is -2.25. The van der Waals surface area contributed by atoms with Gasteiger partial charge in [0.25, 0.3) is 0 Å². The van der Waals surface area contributed by atoms with Crippen molar-refractivity contribution in [3.8, 4) is 17.1 Å². The van der Waals surface area contributed by atoms with Crippen LogP contribution in [0.1, 0.15) is 25.3 Å². The Hall–Kier alpha value is -2.42. The summed E-state index contributed by atoms with van der Waals surface area (Å²) in [6, 6.07) is 11.8. The first kappa shape index (κ1) is 21.3. The summed E-state index contributed by atoms with van der Waals surface area (Å²) in [5, 5.41) is 4.29. The van der Waals surface area contributed by atoms with E-state index in [1.165, 1.54) is 23.5 Å². The van der Waals surface area contributed by atoms with E-state index in [9.17, 15) is 8.42 Å². The monoisotopic (exact) mass is 435 g/mol. The lowest BCUT2D eigenvalue weighted by molar-refractivity contribution is 0.285. The predicted molar refractivity (Wildman–Crippen MR) is 110 cm³/mol. The molecule has 0 saturated heterocycles. The number of benzene rings is 2. The van der Waals surface area contributed by atoms with Gasteiger partial charge in [-0.05, 0) is 45.0 Å². The smallest absolute Gasteiger partial charge is 0.247 e. The number of hydrogen-bond donors (Lipinski definition) is 0. The highest BCUT2D eigenvalue weighted by Crippen LogP contribution is 2.31. The fourth-order valence-electron chi connectivity index (χ4n) is 2.88. The first-order chi connectivity index (χ1) is 13.7. The summed E-state index contributed by atoms with van der Waals surface area (Å²) in [4.78, 5) is 4.36. The van der Waals surface area contributed by atoms with E-state index in [1.54, 1.807) is 19.9 Å². The number of aryl methyl sites for hydroxylation is 1. The van der Waals surface area contributed by atoms with Crippen LogP contribution < -0.4 is 4.74 Å². The van der Waals surface area contributed by atoms with Crippen LogP contribution in [0.3, 0.4) is 0 Å². The molecule has 2 aromatic carbocycles. The molecule has 0 aliphatic heterocycles. The second-order valence-corrected chi connectivity index (χ2v) is 9.12. The van der Waals surface area contributed by atoms with Gasteiger partial charge >= 0.3 is 0 Å². The van der Waals surface area contributed by atoms with E-state index in [-0.39, 0.29) is 29.1 Å². The first-order valence-electron chi connectivity index (χ1n) is 8.97. The van der Waals surface area contributed by atoms with Crippen LogP contribution in [0, 0.1) is 6.92 Å². The molecule has 3 aromatic rings. The number of rotatable bonds is 7. The minimum Gasteiger partial charge on any atom is -0.495 e. The predicted octanol–water partition coefficient (Wildman–Crippen LogP) is 4.31. The average Bonchev–Trinajstić information content (AvgIpc) is 3.14. The Balaban J connectivity index is 1.95. The lowest BCUT2D eigenvalue weighted by atomic mass is 10.1. The Kier molecular flexibility index (Phi) is 6.26. The van der Waals surface area contributed by atoms with E-state index in [1.807, 2.05) is 31.2 Å². The van der Waals surface area contributed by atoms with E-state index in [0.717, 1.165) is 11.1 Å². The Bertz CT molecular complexity index is 1110. The van der Waals surface area contributed by atoms with E-state index in [2.05, 4.69) is 10.1 Å². The molecule has 0 spiro atoms. The normalized spacial score (nSPS) is 12.0. The SMILES string of the molecule is COc1ccc(Cl)cc1S(=O)(=O)N(Cc1nc(-c2cccc(C)c2)no1)C(C)C. The molecule has 154 valence electrons. The van der Waals surface area contributed by atoms with Gasteiger partial charge in [0.1, 0.15) is 10.6 Å². The number of halogens is 1. The van der Waals surface area contributed by atoms with Gasteiger partial charge in [-0.2, -0.15) is 9.29 Å². The van der Waals surface area contributed by atoms with Crippen molar-refractivity contribution in [2.75, 3.05) is 7.11 Å². The number of hydrogen-bond acceptors (Lipinski definition) is 6. The van der Waals surface area contributed by atoms with Gasteiger partial charge < -0.3 is 9.26 Å². The van der Waals surface area contributed by atoms with Crippen molar-refractivity contribution in [2.24, 2.45) is 0 Å². The van der Waals surface area contributed by atoms with Crippen LogP contribution in [-0.2, 0) is 16.6 Å². The molecular weight excluding hydrogens is 414 g/mol. The second kappa shape index (κ2) is 8.52. The van der Waals surface area contributed by atoms with Gasteiger partial charge in [0, 0.05) is 16.6 Å². The zero-order valence-electron chi connectivity index (χ0n) is 16.6. The molecule has 0 radical (unpaired) electrons. The topological polar surface area (TPSA) is 85.5 Å². The molecule has 3 rings (SSSR count). The quantitative estimate of drug-likeness (QED) is 0.549. The van der Waals surface area contributed by atoms with Crippen LogP contribution in [0.2, 0.25) is 5.02 Å². The van der Waals surface area contributed by atoms with Crippen LogP contribution >= 0.6 is 11.6 Å². The molecule has 0 amide bonds. The van der Waals surface area contributed by atoms with Crippen molar-refractivity contribution in [3.05, 3.63) is 58.9 Å². The van der Waals surface area contributed by atoms with Gasteiger partial charge in [0.05, 0.1) is 13.7 Å². The molecule has 0 saturated carbocycles. The summed E-state index contributed by atoms with van der Waals surface area (Å²) < 4.78 is 38.5. The fourth-order valence-corrected chi connectivity index (χ4v) is 4.88. The Morgan fingerprint density at radius 2 is 1.97 bits per heavy atom. The van der Waals surface area contributed by atoms with Crippen LogP contribution in [0.25, 0.3) is 11.4 Å². The molecule has 29 heavy (non-hydrogen) atoms. The maximum Gasteiger partial charge on any atom is 0.247 e. The number of aromatic nitrogens is 2. The highest BCUT2D eigenvalue weighted by Gasteiger charge is 2.32. The number of methoxy groups -OCH3 is 1. The minimum absolute atomic E-state index is 0.0142. The van der Waals surface area contributed by atoms with Crippen molar-refractivity contribution in [1.29, 1.82) is 0 Å². The van der Waals surface area contributed by atoms with Gasteiger partial charge in [-0.1, -0.05) is 40.5 Å². The van der Waals surface area contributed by atoms with Crippen LogP contribution in [-0.4, -0.2) is 36.0 Å². The van der Waals surface area contributed by atoms with Crippen LogP contribution in [0.4, 0.5) is 0 Å². The molecule has 0 N–H and O–H groups in total. The summed E-state index contributed by atoms with van der Waals surface area (Å²) in [7, 11) is -2.52. The fraction of sp³-hybridized carbons (Fsp3) is 0.300. The molecule has 0 aliphatic carbocycles. The zero-order valence-corrected chi connectivity index (χ0v) is 18.2. The first-order valence-corrected chi connectivity index (χ1v) is 10.8. The summed E-state index contributed by atoms with van der Waals surface area (Å²) in [6.07, 6.45) is 0. The van der Waals surface area contributed by atoms with E-state index >= 15 is 0 Å². The number of sulfonamides is 1. The molecule has 0 atom stereocenters. The van der Waals surface area contributed by atoms with Gasteiger partial charge in [-0.3, -0.25) is 0 Å². The molecule has 7 nitrogen and oxygen atoms in total. The molecule has 0 fully saturated rings. The third-order valence-corrected chi connectivity index (χ3v) is 6.60. The average molecular weight is 436 g/mol. The molecule has 0 bridgehead atoms. The van der Waals surface area contributed by atoms with Crippen molar-refractivity contribution in [1.82, 2.24) is 14.4 Å². The molecule has 9 heteroatoms. The van der Waals surface area contributed by atoms with Gasteiger partial charge in [-0.25, -0.2) is 8.42 Å². The largest absolute Gasteiger partial charge is 0.495 e. The zero-order chi connectivity index (χ0) is 21.2. The van der Waals surface area contributed by atoms with E-state index in [4.69, 9.17) is 20.9 Å². The summed E-state index contributed by atoms with van der Waals surface area (Å²) >= 11 is 6.03. The second-order valence-electron chi connectivity index (χ2n) is 6.82. The maximum atomic E-state index is 13.3. The summed E-state index contributed by atoms with van der Waals surface area (Å²) in [5.41, 5.74) is 1.86. The number of nitrogens with zero attached hydrogens (tertiary/aromatic N) is 3. The maximum absolute atomic E-state index is 13.3.